The van der Waals surface area contributed by atoms with Crippen LogP contribution in [0.1, 0.15) is 37.9 Å². The molecule has 21 heavy (non-hydrogen) atoms. The molecule has 1 aliphatic rings. The van der Waals surface area contributed by atoms with Crippen molar-refractivity contribution in [1.29, 1.82) is 0 Å². The first-order valence-electron chi connectivity index (χ1n) is 7.45. The molecule has 0 aliphatic carbocycles. The van der Waals surface area contributed by atoms with Crippen molar-refractivity contribution in [2.45, 2.75) is 45.4 Å². The Morgan fingerprint density at radius 1 is 1.43 bits per heavy atom. The summed E-state index contributed by atoms with van der Waals surface area (Å²) in [6.45, 7) is 4.57. The molecule has 1 aromatic rings. The van der Waals surface area contributed by atoms with Gasteiger partial charge in [0.1, 0.15) is 6.61 Å². The number of piperazine rings is 1. The molecular weight excluding hydrogens is 272 g/mol. The number of aromatic nitrogens is 2. The van der Waals surface area contributed by atoms with Crippen molar-refractivity contribution in [3.8, 4) is 0 Å². The first kappa shape index (κ1) is 15.9. The molecule has 1 saturated heterocycles. The maximum Gasteiger partial charge on any atom is 0.252 e. The first-order valence-corrected chi connectivity index (χ1v) is 7.45. The van der Waals surface area contributed by atoms with Gasteiger partial charge in [-0.05, 0) is 6.42 Å². The topological polar surface area (TPSA) is 71.7 Å². The van der Waals surface area contributed by atoms with E-state index in [0.29, 0.717) is 24.9 Å². The molecule has 0 bridgehead atoms. The molecule has 2 rings (SSSR count). The average Bonchev–Trinajstić information content (AvgIpc) is 2.90. The Balaban J connectivity index is 2.02. The smallest absolute Gasteiger partial charge is 0.252 e. The third-order valence-corrected chi connectivity index (χ3v) is 3.78. The highest BCUT2D eigenvalue weighted by Gasteiger charge is 2.33. The summed E-state index contributed by atoms with van der Waals surface area (Å²) >= 11 is 0. The molecule has 0 radical (unpaired) electrons. The number of unbranched alkanes of at least 4 members (excludes halogenated alkanes) is 1. The fourth-order valence-electron chi connectivity index (χ4n) is 2.57. The van der Waals surface area contributed by atoms with Gasteiger partial charge in [0, 0.05) is 27.2 Å². The van der Waals surface area contributed by atoms with Crippen LogP contribution < -0.4 is 0 Å². The zero-order valence-electron chi connectivity index (χ0n) is 13.0. The summed E-state index contributed by atoms with van der Waals surface area (Å²) in [4.78, 5) is 20.6. The minimum Gasteiger partial charge on any atom is -0.375 e. The van der Waals surface area contributed by atoms with Gasteiger partial charge in [-0.3, -0.25) is 9.69 Å². The molecule has 7 nitrogen and oxygen atoms in total. The van der Waals surface area contributed by atoms with E-state index >= 15 is 0 Å². The predicted molar refractivity (Wildman–Crippen MR) is 76.4 cm³/mol. The van der Waals surface area contributed by atoms with Crippen LogP contribution in [0.25, 0.3) is 0 Å². The van der Waals surface area contributed by atoms with Gasteiger partial charge in [-0.2, -0.15) is 4.98 Å². The summed E-state index contributed by atoms with van der Waals surface area (Å²) in [6.07, 6.45) is 3.01. The zero-order chi connectivity index (χ0) is 15.2. The quantitative estimate of drug-likeness (QED) is 0.749. The van der Waals surface area contributed by atoms with Gasteiger partial charge in [0.15, 0.2) is 5.82 Å². The Hall–Kier alpha value is -1.47. The number of hydrogen-bond donors (Lipinski definition) is 0. The van der Waals surface area contributed by atoms with E-state index in [9.17, 15) is 4.79 Å². The number of ether oxygens (including phenoxy) is 1. The van der Waals surface area contributed by atoms with E-state index in [1.807, 2.05) is 11.9 Å². The molecule has 1 unspecified atom stereocenters. The van der Waals surface area contributed by atoms with Crippen molar-refractivity contribution in [3.05, 3.63) is 11.7 Å². The van der Waals surface area contributed by atoms with Gasteiger partial charge in [0.25, 0.3) is 5.89 Å². The van der Waals surface area contributed by atoms with Gasteiger partial charge < -0.3 is 14.2 Å². The number of likely N-dealkylation sites (N-methyl/N-ethyl adjacent to an activating group) is 1. The Morgan fingerprint density at radius 2 is 2.24 bits per heavy atom. The van der Waals surface area contributed by atoms with Gasteiger partial charge >= 0.3 is 0 Å². The minimum absolute atomic E-state index is 0.0759. The third-order valence-electron chi connectivity index (χ3n) is 3.78. The number of methoxy groups -OCH3 is 1. The lowest BCUT2D eigenvalue weighted by molar-refractivity contribution is -0.141. The van der Waals surface area contributed by atoms with Crippen molar-refractivity contribution >= 4 is 5.91 Å². The monoisotopic (exact) mass is 296 g/mol. The molecule has 0 N–H and O–H groups in total. The molecule has 0 spiro atoms. The highest BCUT2D eigenvalue weighted by Crippen LogP contribution is 2.18. The molecule has 1 aliphatic heterocycles. The second kappa shape index (κ2) is 7.51. The summed E-state index contributed by atoms with van der Waals surface area (Å²) in [5, 5.41) is 3.96. The molecule has 2 heterocycles. The van der Waals surface area contributed by atoms with Gasteiger partial charge in [-0.15, -0.1) is 0 Å². The standard InChI is InChI=1S/C14H24N4O3/c1-4-5-6-11-14(19)17(2)7-8-18(11)9-12-15-13(10-20-3)21-16-12/h11H,4-10H2,1-3H3. The van der Waals surface area contributed by atoms with Crippen LogP contribution in [-0.2, 0) is 22.7 Å². The molecule has 7 heteroatoms. The van der Waals surface area contributed by atoms with E-state index < -0.39 is 0 Å². The number of hydrogen-bond acceptors (Lipinski definition) is 6. The van der Waals surface area contributed by atoms with Crippen LogP contribution in [-0.4, -0.2) is 59.1 Å². The highest BCUT2D eigenvalue weighted by atomic mass is 16.5. The summed E-state index contributed by atoms with van der Waals surface area (Å²) in [5.41, 5.74) is 0. The molecule has 1 atom stereocenters. The molecule has 0 aromatic carbocycles. The maximum absolute atomic E-state index is 12.3. The zero-order valence-corrected chi connectivity index (χ0v) is 13.0. The maximum atomic E-state index is 12.3. The molecule has 1 amide bonds. The number of carbonyl (C=O) groups is 1. The van der Waals surface area contributed by atoms with E-state index in [-0.39, 0.29) is 11.9 Å². The second-order valence-corrected chi connectivity index (χ2v) is 5.43. The minimum atomic E-state index is -0.0759. The highest BCUT2D eigenvalue weighted by molar-refractivity contribution is 5.82. The normalized spacial score (nSPS) is 20.2. The molecule has 0 saturated carbocycles. The average molecular weight is 296 g/mol. The van der Waals surface area contributed by atoms with Crippen LogP contribution in [0.5, 0.6) is 0 Å². The Bertz CT molecular complexity index is 463. The lowest BCUT2D eigenvalue weighted by Crippen LogP contribution is -2.55. The first-order chi connectivity index (χ1) is 10.2. The molecular formula is C14H24N4O3. The van der Waals surface area contributed by atoms with E-state index in [2.05, 4.69) is 22.0 Å². The number of nitrogens with zero attached hydrogens (tertiary/aromatic N) is 4. The van der Waals surface area contributed by atoms with Crippen LogP contribution in [0, 0.1) is 0 Å². The van der Waals surface area contributed by atoms with E-state index in [1.165, 1.54) is 0 Å². The fourth-order valence-corrected chi connectivity index (χ4v) is 2.57. The van der Waals surface area contributed by atoms with E-state index in [4.69, 9.17) is 9.26 Å². The van der Waals surface area contributed by atoms with Crippen LogP contribution in [0.4, 0.5) is 0 Å². The van der Waals surface area contributed by atoms with Crippen molar-refractivity contribution in [2.24, 2.45) is 0 Å². The van der Waals surface area contributed by atoms with Crippen LogP contribution in [0.2, 0.25) is 0 Å². The molecule has 1 aromatic heterocycles. The van der Waals surface area contributed by atoms with Crippen molar-refractivity contribution < 1.29 is 14.1 Å². The summed E-state index contributed by atoms with van der Waals surface area (Å²) in [7, 11) is 3.45. The number of carbonyl (C=O) groups excluding carboxylic acids is 1. The fraction of sp³-hybridized carbons (Fsp3) is 0.786. The Kier molecular flexibility index (Phi) is 5.69. The van der Waals surface area contributed by atoms with Crippen molar-refractivity contribution in [1.82, 2.24) is 19.9 Å². The molecule has 118 valence electrons. The van der Waals surface area contributed by atoms with Crippen molar-refractivity contribution in [2.75, 3.05) is 27.2 Å². The summed E-state index contributed by atoms with van der Waals surface area (Å²) in [6, 6.07) is -0.0759. The largest absolute Gasteiger partial charge is 0.375 e. The van der Waals surface area contributed by atoms with Crippen LogP contribution in [0.3, 0.4) is 0 Å². The van der Waals surface area contributed by atoms with Gasteiger partial charge in [-0.1, -0.05) is 24.9 Å². The van der Waals surface area contributed by atoms with E-state index in [0.717, 1.165) is 32.4 Å². The SMILES string of the molecule is CCCCC1C(=O)N(C)CCN1Cc1noc(COC)n1. The van der Waals surface area contributed by atoms with E-state index in [1.54, 1.807) is 7.11 Å². The third kappa shape index (κ3) is 4.01. The lowest BCUT2D eigenvalue weighted by Gasteiger charge is -2.38. The van der Waals surface area contributed by atoms with Gasteiger partial charge in [0.05, 0.1) is 12.6 Å². The Morgan fingerprint density at radius 3 is 2.95 bits per heavy atom. The van der Waals surface area contributed by atoms with Gasteiger partial charge in [-0.25, -0.2) is 0 Å². The lowest BCUT2D eigenvalue weighted by atomic mass is 10.0. The van der Waals surface area contributed by atoms with Crippen molar-refractivity contribution in [3.63, 3.8) is 0 Å². The summed E-state index contributed by atoms with van der Waals surface area (Å²) in [5.74, 6) is 1.27. The Labute approximate surface area is 125 Å². The molecule has 1 fully saturated rings. The number of rotatable bonds is 7. The van der Waals surface area contributed by atoms with Crippen LogP contribution in [0.15, 0.2) is 4.52 Å². The second-order valence-electron chi connectivity index (χ2n) is 5.43. The number of amides is 1. The predicted octanol–water partition coefficient (Wildman–Crippen LogP) is 1.05. The van der Waals surface area contributed by atoms with Crippen LogP contribution >= 0.6 is 0 Å². The summed E-state index contributed by atoms with van der Waals surface area (Å²) < 4.78 is 10.1. The van der Waals surface area contributed by atoms with Gasteiger partial charge in [0.2, 0.25) is 5.91 Å².